The van der Waals surface area contributed by atoms with Crippen molar-refractivity contribution in [2.45, 2.75) is 51.4 Å². The number of hydrogen-bond donors (Lipinski definition) is 2. The Morgan fingerprint density at radius 1 is 1.21 bits per heavy atom. The highest BCUT2D eigenvalue weighted by Gasteiger charge is 2.34. The maximum Gasteiger partial charge on any atom is 0.335 e. The summed E-state index contributed by atoms with van der Waals surface area (Å²) < 4.78 is 0. The molecular weight excluding hydrogens is 238 g/mol. The molecule has 0 saturated heterocycles. The minimum Gasteiger partial charge on any atom is -0.478 e. The van der Waals surface area contributed by atoms with E-state index in [9.17, 15) is 9.90 Å². The van der Waals surface area contributed by atoms with Crippen LogP contribution < -0.4 is 5.73 Å². The molecule has 0 aromatic heterocycles. The molecule has 2 rings (SSSR count). The van der Waals surface area contributed by atoms with E-state index in [-0.39, 0.29) is 5.41 Å². The molecule has 0 atom stereocenters. The Morgan fingerprint density at radius 2 is 1.84 bits per heavy atom. The van der Waals surface area contributed by atoms with Crippen LogP contribution in [-0.4, -0.2) is 17.6 Å². The molecule has 0 spiro atoms. The fraction of sp³-hybridized carbons (Fsp3) is 0.562. The molecule has 3 nitrogen and oxygen atoms in total. The van der Waals surface area contributed by atoms with Crippen LogP contribution in [0.1, 0.15) is 59.2 Å². The molecule has 0 unspecified atom stereocenters. The Hall–Kier alpha value is -1.35. The summed E-state index contributed by atoms with van der Waals surface area (Å²) in [5.74, 6) is -0.846. The minimum absolute atomic E-state index is 0.0137. The number of rotatable bonds is 3. The van der Waals surface area contributed by atoms with Crippen molar-refractivity contribution in [3.63, 3.8) is 0 Å². The number of carbonyl (C=O) groups is 1. The molecule has 3 heteroatoms. The third-order valence-corrected chi connectivity index (χ3v) is 4.57. The molecule has 1 aliphatic rings. The molecule has 104 valence electrons. The van der Waals surface area contributed by atoms with Crippen molar-refractivity contribution in [2.75, 3.05) is 6.54 Å². The Balaban J connectivity index is 2.53. The molecule has 0 bridgehead atoms. The van der Waals surface area contributed by atoms with Gasteiger partial charge in [-0.3, -0.25) is 0 Å². The fourth-order valence-electron chi connectivity index (χ4n) is 3.47. The summed E-state index contributed by atoms with van der Waals surface area (Å²) in [5, 5.41) is 9.30. The van der Waals surface area contributed by atoms with Gasteiger partial charge in [0, 0.05) is 12.0 Å². The molecule has 1 aromatic rings. The van der Waals surface area contributed by atoms with Crippen molar-refractivity contribution in [3.05, 3.63) is 34.4 Å². The Bertz CT molecular complexity index is 488. The zero-order valence-corrected chi connectivity index (χ0v) is 11.8. The minimum atomic E-state index is -0.846. The van der Waals surface area contributed by atoms with Gasteiger partial charge in [-0.2, -0.15) is 0 Å². The number of nitrogens with two attached hydrogens (primary N) is 1. The lowest BCUT2D eigenvalue weighted by molar-refractivity contribution is 0.0696. The van der Waals surface area contributed by atoms with Crippen molar-refractivity contribution >= 4 is 5.97 Å². The number of carboxylic acids is 1. The third kappa shape index (κ3) is 2.52. The van der Waals surface area contributed by atoms with E-state index < -0.39 is 5.97 Å². The first-order chi connectivity index (χ1) is 9.00. The van der Waals surface area contributed by atoms with Gasteiger partial charge in [0.15, 0.2) is 0 Å². The van der Waals surface area contributed by atoms with Crippen LogP contribution in [0.4, 0.5) is 0 Å². The lowest BCUT2D eigenvalue weighted by atomic mass is 9.68. The first kappa shape index (κ1) is 14.1. The van der Waals surface area contributed by atoms with E-state index in [1.165, 1.54) is 24.8 Å². The number of aromatic carboxylic acids is 1. The van der Waals surface area contributed by atoms with Crippen LogP contribution in [0.25, 0.3) is 0 Å². The summed E-state index contributed by atoms with van der Waals surface area (Å²) >= 11 is 0. The van der Waals surface area contributed by atoms with Gasteiger partial charge in [0.1, 0.15) is 0 Å². The van der Waals surface area contributed by atoms with Crippen molar-refractivity contribution in [2.24, 2.45) is 5.73 Å². The van der Waals surface area contributed by atoms with Crippen LogP contribution >= 0.6 is 0 Å². The summed E-state index contributed by atoms with van der Waals surface area (Å²) in [5.41, 5.74) is 9.61. The van der Waals surface area contributed by atoms with Crippen LogP contribution in [0.15, 0.2) is 12.1 Å². The molecular formula is C16H23NO2. The van der Waals surface area contributed by atoms with Gasteiger partial charge < -0.3 is 10.8 Å². The van der Waals surface area contributed by atoms with Crippen LogP contribution in [0.3, 0.4) is 0 Å². The monoisotopic (exact) mass is 261 g/mol. The zero-order valence-electron chi connectivity index (χ0n) is 11.8. The smallest absolute Gasteiger partial charge is 0.335 e. The first-order valence-electron chi connectivity index (χ1n) is 7.05. The van der Waals surface area contributed by atoms with Crippen LogP contribution in [-0.2, 0) is 5.41 Å². The Morgan fingerprint density at radius 3 is 2.37 bits per heavy atom. The zero-order chi connectivity index (χ0) is 14.0. The Kier molecular flexibility index (Phi) is 3.95. The molecule has 0 aliphatic heterocycles. The second kappa shape index (κ2) is 5.33. The topological polar surface area (TPSA) is 63.3 Å². The van der Waals surface area contributed by atoms with Gasteiger partial charge in [0.05, 0.1) is 5.56 Å². The normalized spacial score (nSPS) is 18.3. The highest BCUT2D eigenvalue weighted by molar-refractivity contribution is 5.89. The van der Waals surface area contributed by atoms with Gasteiger partial charge in [-0.15, -0.1) is 0 Å². The molecule has 1 aromatic carbocycles. The largest absolute Gasteiger partial charge is 0.478 e. The number of benzene rings is 1. The maximum absolute atomic E-state index is 11.3. The van der Waals surface area contributed by atoms with Crippen LogP contribution in [0.2, 0.25) is 0 Å². The molecule has 3 N–H and O–H groups in total. The van der Waals surface area contributed by atoms with Crippen molar-refractivity contribution in [1.29, 1.82) is 0 Å². The molecule has 1 fully saturated rings. The lowest BCUT2D eigenvalue weighted by Gasteiger charge is -2.38. The van der Waals surface area contributed by atoms with Crippen molar-refractivity contribution in [3.8, 4) is 0 Å². The quantitative estimate of drug-likeness (QED) is 0.878. The molecule has 1 saturated carbocycles. The second-order valence-electron chi connectivity index (χ2n) is 5.83. The number of hydrogen-bond acceptors (Lipinski definition) is 2. The van der Waals surface area contributed by atoms with Gasteiger partial charge in [-0.05, 0) is 49.4 Å². The average Bonchev–Trinajstić information content (AvgIpc) is 2.39. The second-order valence-corrected chi connectivity index (χ2v) is 5.83. The van der Waals surface area contributed by atoms with E-state index in [0.717, 1.165) is 24.0 Å². The fourth-order valence-corrected chi connectivity index (χ4v) is 3.47. The SMILES string of the molecule is Cc1cc(C)c(C2(CN)CCCCC2)cc1C(=O)O. The number of carboxylic acid groups (broad SMARTS) is 1. The van der Waals surface area contributed by atoms with Gasteiger partial charge in [-0.25, -0.2) is 4.79 Å². The van der Waals surface area contributed by atoms with Gasteiger partial charge >= 0.3 is 5.97 Å². The van der Waals surface area contributed by atoms with Gasteiger partial charge in [-0.1, -0.05) is 25.3 Å². The molecule has 19 heavy (non-hydrogen) atoms. The average molecular weight is 261 g/mol. The highest BCUT2D eigenvalue weighted by Crippen LogP contribution is 2.40. The predicted octanol–water partition coefficient (Wildman–Crippen LogP) is 3.16. The van der Waals surface area contributed by atoms with E-state index in [4.69, 9.17) is 5.73 Å². The van der Waals surface area contributed by atoms with Crippen LogP contribution in [0, 0.1) is 13.8 Å². The number of aryl methyl sites for hydroxylation is 2. The van der Waals surface area contributed by atoms with E-state index in [1.54, 1.807) is 0 Å². The summed E-state index contributed by atoms with van der Waals surface area (Å²) in [6, 6.07) is 3.86. The van der Waals surface area contributed by atoms with Gasteiger partial charge in [0.2, 0.25) is 0 Å². The molecule has 0 amide bonds. The predicted molar refractivity (Wildman–Crippen MR) is 76.7 cm³/mol. The van der Waals surface area contributed by atoms with Gasteiger partial charge in [0.25, 0.3) is 0 Å². The van der Waals surface area contributed by atoms with E-state index in [2.05, 4.69) is 6.92 Å². The van der Waals surface area contributed by atoms with Crippen molar-refractivity contribution < 1.29 is 9.90 Å². The third-order valence-electron chi connectivity index (χ3n) is 4.57. The first-order valence-corrected chi connectivity index (χ1v) is 7.05. The summed E-state index contributed by atoms with van der Waals surface area (Å²) in [6.07, 6.45) is 5.79. The van der Waals surface area contributed by atoms with E-state index in [0.29, 0.717) is 12.1 Å². The summed E-state index contributed by atoms with van der Waals surface area (Å²) in [6.45, 7) is 4.53. The molecule has 0 heterocycles. The highest BCUT2D eigenvalue weighted by atomic mass is 16.4. The Labute approximate surface area is 114 Å². The van der Waals surface area contributed by atoms with E-state index >= 15 is 0 Å². The lowest BCUT2D eigenvalue weighted by Crippen LogP contribution is -2.38. The van der Waals surface area contributed by atoms with E-state index in [1.807, 2.05) is 19.1 Å². The molecule has 0 radical (unpaired) electrons. The summed E-state index contributed by atoms with van der Waals surface area (Å²) in [4.78, 5) is 11.3. The summed E-state index contributed by atoms with van der Waals surface area (Å²) in [7, 11) is 0. The standard InChI is InChI=1S/C16H23NO2/c1-11-8-12(2)14(9-13(11)15(18)19)16(10-17)6-4-3-5-7-16/h8-9H,3-7,10,17H2,1-2H3,(H,18,19). The maximum atomic E-state index is 11.3. The van der Waals surface area contributed by atoms with Crippen molar-refractivity contribution in [1.82, 2.24) is 0 Å². The molecule has 1 aliphatic carbocycles. The van der Waals surface area contributed by atoms with Crippen LogP contribution in [0.5, 0.6) is 0 Å².